The molecule has 2 unspecified atom stereocenters. The number of rotatable bonds is 6. The fourth-order valence-electron chi connectivity index (χ4n) is 5.18. The van der Waals surface area contributed by atoms with E-state index in [0.717, 1.165) is 56.8 Å². The molecule has 2 fully saturated rings. The molecule has 3 aliphatic heterocycles. The number of likely N-dealkylation sites (tertiary alicyclic amines) is 2. The third-order valence-electron chi connectivity index (χ3n) is 6.97. The molecule has 8 nitrogen and oxygen atoms in total. The van der Waals surface area contributed by atoms with Crippen LogP contribution in [0.4, 0.5) is 11.4 Å². The SMILES string of the molecule is CO[C@@H]1CCN(C(C)(C=CC#N)C(C(=O)N2CCCCC2)N2CNc3cnccc32)C1. The van der Waals surface area contributed by atoms with Crippen molar-refractivity contribution in [1.29, 1.82) is 5.26 Å². The number of nitrogens with zero attached hydrogens (tertiary/aromatic N) is 5. The van der Waals surface area contributed by atoms with Crippen molar-refractivity contribution in [3.63, 3.8) is 0 Å². The second-order valence-electron chi connectivity index (χ2n) is 8.77. The maximum atomic E-state index is 14.1. The maximum absolute atomic E-state index is 14.1. The van der Waals surface area contributed by atoms with Gasteiger partial charge in [-0.15, -0.1) is 0 Å². The molecule has 0 radical (unpaired) electrons. The van der Waals surface area contributed by atoms with E-state index in [1.54, 1.807) is 19.5 Å². The van der Waals surface area contributed by atoms with E-state index in [9.17, 15) is 10.1 Å². The summed E-state index contributed by atoms with van der Waals surface area (Å²) in [5.74, 6) is 0.122. The lowest BCUT2D eigenvalue weighted by Crippen LogP contribution is -2.65. The van der Waals surface area contributed by atoms with Gasteiger partial charge >= 0.3 is 0 Å². The average molecular weight is 425 g/mol. The topological polar surface area (TPSA) is 84.7 Å². The van der Waals surface area contributed by atoms with Crippen LogP contribution in [0.15, 0.2) is 30.6 Å². The molecule has 166 valence electrons. The van der Waals surface area contributed by atoms with Gasteiger partial charge in [-0.05, 0) is 38.7 Å². The second kappa shape index (κ2) is 9.25. The Balaban J connectivity index is 1.76. The summed E-state index contributed by atoms with van der Waals surface area (Å²) in [7, 11) is 1.74. The minimum absolute atomic E-state index is 0.122. The number of ether oxygens (including phenoxy) is 1. The van der Waals surface area contributed by atoms with Gasteiger partial charge in [-0.3, -0.25) is 14.7 Å². The van der Waals surface area contributed by atoms with Crippen molar-refractivity contribution >= 4 is 17.3 Å². The summed E-state index contributed by atoms with van der Waals surface area (Å²) in [5, 5.41) is 12.7. The smallest absolute Gasteiger partial charge is 0.247 e. The number of nitriles is 1. The Hall–Kier alpha value is -2.63. The van der Waals surface area contributed by atoms with E-state index in [1.165, 1.54) is 12.5 Å². The number of pyridine rings is 1. The third-order valence-corrected chi connectivity index (χ3v) is 6.97. The van der Waals surface area contributed by atoms with Gasteiger partial charge in [-0.2, -0.15) is 5.26 Å². The highest BCUT2D eigenvalue weighted by Gasteiger charge is 2.50. The van der Waals surface area contributed by atoms with Crippen LogP contribution in [0.25, 0.3) is 0 Å². The van der Waals surface area contributed by atoms with Gasteiger partial charge in [-0.1, -0.05) is 6.08 Å². The summed E-state index contributed by atoms with van der Waals surface area (Å²) in [6, 6.07) is 3.64. The number of carbonyl (C=O) groups excluding carboxylic acids is 1. The zero-order valence-electron chi connectivity index (χ0n) is 18.5. The fourth-order valence-corrected chi connectivity index (χ4v) is 5.18. The predicted molar refractivity (Wildman–Crippen MR) is 120 cm³/mol. The number of piperidine rings is 1. The predicted octanol–water partition coefficient (Wildman–Crippen LogP) is 2.21. The van der Waals surface area contributed by atoms with Gasteiger partial charge in [0.05, 0.1) is 42.0 Å². The Labute approximate surface area is 184 Å². The molecule has 3 aliphatic rings. The number of methoxy groups -OCH3 is 1. The standard InChI is InChI=1S/C23H32N6O2/c1-23(9-6-10-24,28-14-8-18(16-28)31-2)21(22(30)27-12-4-3-5-13-27)29-17-26-19-15-25-11-7-20(19)29/h6-7,9,11,15,18,21,26H,3-5,8,12-14,16-17H2,1-2H3/t18-,21?,23?/m1/s1. The van der Waals surface area contributed by atoms with Crippen LogP contribution in [0.2, 0.25) is 0 Å². The molecule has 1 aromatic rings. The number of allylic oxidation sites excluding steroid dienone is 1. The van der Waals surface area contributed by atoms with Crippen molar-refractivity contribution in [3.8, 4) is 6.07 Å². The normalized spacial score (nSPS) is 24.5. The molecule has 2 saturated heterocycles. The van der Waals surface area contributed by atoms with Crippen molar-refractivity contribution in [2.45, 2.75) is 50.3 Å². The van der Waals surface area contributed by atoms with Gasteiger partial charge in [0.25, 0.3) is 0 Å². The van der Waals surface area contributed by atoms with E-state index in [1.807, 2.05) is 17.0 Å². The largest absolute Gasteiger partial charge is 0.380 e. The second-order valence-corrected chi connectivity index (χ2v) is 8.77. The summed E-state index contributed by atoms with van der Waals surface area (Å²) in [4.78, 5) is 24.8. The first kappa shape index (κ1) is 21.6. The first-order valence-corrected chi connectivity index (χ1v) is 11.2. The van der Waals surface area contributed by atoms with Gasteiger partial charge in [-0.25, -0.2) is 0 Å². The lowest BCUT2D eigenvalue weighted by Gasteiger charge is -2.47. The van der Waals surface area contributed by atoms with Crippen molar-refractivity contribution in [2.24, 2.45) is 0 Å². The van der Waals surface area contributed by atoms with Gasteiger partial charge in [0.2, 0.25) is 5.91 Å². The average Bonchev–Trinajstić information content (AvgIpc) is 3.46. The third kappa shape index (κ3) is 4.12. The van der Waals surface area contributed by atoms with Crippen LogP contribution in [0.1, 0.15) is 32.6 Å². The lowest BCUT2D eigenvalue weighted by atomic mass is 9.86. The summed E-state index contributed by atoms with van der Waals surface area (Å²) >= 11 is 0. The van der Waals surface area contributed by atoms with Crippen molar-refractivity contribution in [3.05, 3.63) is 30.6 Å². The zero-order valence-corrected chi connectivity index (χ0v) is 18.5. The fraction of sp³-hybridized carbons (Fsp3) is 0.609. The van der Waals surface area contributed by atoms with Crippen LogP contribution < -0.4 is 10.2 Å². The van der Waals surface area contributed by atoms with E-state index in [0.29, 0.717) is 6.67 Å². The summed E-state index contributed by atoms with van der Waals surface area (Å²) in [5.41, 5.74) is 1.25. The molecule has 0 saturated carbocycles. The molecule has 8 heteroatoms. The van der Waals surface area contributed by atoms with E-state index >= 15 is 0 Å². The van der Waals surface area contributed by atoms with Crippen molar-refractivity contribution < 1.29 is 9.53 Å². The Morgan fingerprint density at radius 3 is 2.90 bits per heavy atom. The summed E-state index contributed by atoms with van der Waals surface area (Å²) in [6.07, 6.45) is 11.3. The molecule has 1 aromatic heterocycles. The summed E-state index contributed by atoms with van der Waals surface area (Å²) in [6.45, 7) is 5.75. The number of hydrogen-bond donors (Lipinski definition) is 1. The number of anilines is 2. The molecular weight excluding hydrogens is 392 g/mol. The van der Waals surface area contributed by atoms with Crippen LogP contribution in [0.3, 0.4) is 0 Å². The number of hydrogen-bond acceptors (Lipinski definition) is 7. The highest BCUT2D eigenvalue weighted by Crippen LogP contribution is 2.39. The van der Waals surface area contributed by atoms with Crippen molar-refractivity contribution in [1.82, 2.24) is 14.8 Å². The van der Waals surface area contributed by atoms with Gasteiger partial charge < -0.3 is 19.9 Å². The first-order valence-electron chi connectivity index (χ1n) is 11.2. The van der Waals surface area contributed by atoms with E-state index in [-0.39, 0.29) is 12.0 Å². The van der Waals surface area contributed by atoms with Crippen molar-refractivity contribution in [2.75, 3.05) is 50.2 Å². The summed E-state index contributed by atoms with van der Waals surface area (Å²) < 4.78 is 5.62. The molecule has 31 heavy (non-hydrogen) atoms. The Morgan fingerprint density at radius 1 is 1.39 bits per heavy atom. The quantitative estimate of drug-likeness (QED) is 0.701. The molecule has 4 heterocycles. The molecule has 1 N–H and O–H groups in total. The van der Waals surface area contributed by atoms with E-state index < -0.39 is 11.6 Å². The van der Waals surface area contributed by atoms with Crippen LogP contribution in [0.5, 0.6) is 0 Å². The van der Waals surface area contributed by atoms with E-state index in [2.05, 4.69) is 33.1 Å². The van der Waals surface area contributed by atoms with Gasteiger partial charge in [0.1, 0.15) is 6.04 Å². The number of nitrogens with one attached hydrogen (secondary N) is 1. The Bertz CT molecular complexity index is 862. The Kier molecular flexibility index (Phi) is 6.44. The molecular formula is C23H32N6O2. The van der Waals surface area contributed by atoms with Crippen LogP contribution >= 0.6 is 0 Å². The van der Waals surface area contributed by atoms with Crippen LogP contribution in [-0.2, 0) is 9.53 Å². The zero-order chi connectivity index (χ0) is 21.8. The number of fused-ring (bicyclic) bond motifs is 1. The van der Waals surface area contributed by atoms with E-state index in [4.69, 9.17) is 4.74 Å². The highest BCUT2D eigenvalue weighted by molar-refractivity contribution is 5.90. The number of carbonyl (C=O) groups is 1. The lowest BCUT2D eigenvalue weighted by molar-refractivity contribution is -0.136. The highest BCUT2D eigenvalue weighted by atomic mass is 16.5. The van der Waals surface area contributed by atoms with Crippen LogP contribution in [0, 0.1) is 11.3 Å². The molecule has 0 bridgehead atoms. The Morgan fingerprint density at radius 2 is 2.19 bits per heavy atom. The minimum atomic E-state index is -0.663. The monoisotopic (exact) mass is 424 g/mol. The number of amides is 1. The molecule has 1 amide bonds. The van der Waals surface area contributed by atoms with Crippen LogP contribution in [-0.4, -0.2) is 78.3 Å². The number of aromatic nitrogens is 1. The molecule has 3 atom stereocenters. The molecule has 0 aromatic carbocycles. The first-order chi connectivity index (χ1) is 15.1. The van der Waals surface area contributed by atoms with Gasteiger partial charge in [0.15, 0.2) is 0 Å². The molecule has 0 spiro atoms. The molecule has 0 aliphatic carbocycles. The maximum Gasteiger partial charge on any atom is 0.247 e. The molecule has 4 rings (SSSR count). The van der Waals surface area contributed by atoms with Gasteiger partial charge in [0, 0.05) is 45.6 Å². The minimum Gasteiger partial charge on any atom is -0.380 e.